The van der Waals surface area contributed by atoms with Gasteiger partial charge in [0, 0.05) is 25.7 Å². The fourth-order valence-corrected chi connectivity index (χ4v) is 5.39. The number of esters is 2. The summed E-state index contributed by atoms with van der Waals surface area (Å²) in [6.07, 6.45) is 36.7. The number of unbranched alkanes of at least 4 members (excludes halogenated alkanes) is 6. The summed E-state index contributed by atoms with van der Waals surface area (Å²) >= 11 is 0. The molecular weight excluding hydrogens is 496 g/mol. The van der Waals surface area contributed by atoms with Crippen molar-refractivity contribution in [2.45, 2.75) is 193 Å². The lowest BCUT2D eigenvalue weighted by molar-refractivity contribution is -0.150. The summed E-state index contributed by atoms with van der Waals surface area (Å²) in [6.45, 7) is 4.46. The second-order valence-electron chi connectivity index (χ2n) is 11.9. The number of carbonyl (C=O) groups excluding carboxylic acids is 2. The van der Waals surface area contributed by atoms with Crippen LogP contribution in [-0.4, -0.2) is 24.1 Å². The van der Waals surface area contributed by atoms with Crippen LogP contribution in [0.5, 0.6) is 0 Å². The average Bonchev–Trinajstić information content (AvgIpc) is 2.94. The van der Waals surface area contributed by atoms with Gasteiger partial charge in [0.05, 0.1) is 0 Å². The molecular formula is C36H64O4. The smallest absolute Gasteiger partial charge is 0.306 e. The number of allylic oxidation sites excluding steroid dienone is 2. The molecule has 0 saturated heterocycles. The molecule has 0 radical (unpaired) electrons. The lowest BCUT2D eigenvalue weighted by Gasteiger charge is -2.17. The molecule has 0 aromatic heterocycles. The Bertz CT molecular complexity index is 597. The Kier molecular flexibility index (Phi) is 25.1. The average molecular weight is 561 g/mol. The molecule has 0 N–H and O–H groups in total. The molecule has 4 nitrogen and oxygen atoms in total. The van der Waals surface area contributed by atoms with Crippen LogP contribution in [0.4, 0.5) is 0 Å². The van der Waals surface area contributed by atoms with Gasteiger partial charge in [-0.15, -0.1) is 0 Å². The highest BCUT2D eigenvalue weighted by Crippen LogP contribution is 2.17. The van der Waals surface area contributed by atoms with Gasteiger partial charge in [-0.1, -0.05) is 115 Å². The van der Waals surface area contributed by atoms with Crippen molar-refractivity contribution in [3.05, 3.63) is 24.3 Å². The van der Waals surface area contributed by atoms with E-state index >= 15 is 0 Å². The first-order valence-electron chi connectivity index (χ1n) is 17.3. The van der Waals surface area contributed by atoms with Crippen LogP contribution < -0.4 is 0 Å². The van der Waals surface area contributed by atoms with Crippen LogP contribution in [0.2, 0.25) is 0 Å². The lowest BCUT2D eigenvalue weighted by atomic mass is 10.0. The highest BCUT2D eigenvalue weighted by molar-refractivity contribution is 5.69. The van der Waals surface area contributed by atoms with E-state index in [4.69, 9.17) is 9.47 Å². The van der Waals surface area contributed by atoms with E-state index in [0.717, 1.165) is 77.0 Å². The third-order valence-corrected chi connectivity index (χ3v) is 7.99. The van der Waals surface area contributed by atoms with E-state index in [-0.39, 0.29) is 24.1 Å². The summed E-state index contributed by atoms with van der Waals surface area (Å²) in [6, 6.07) is 0. The van der Waals surface area contributed by atoms with Crippen molar-refractivity contribution < 1.29 is 19.1 Å². The monoisotopic (exact) mass is 560 g/mol. The molecule has 0 amide bonds. The van der Waals surface area contributed by atoms with E-state index in [1.807, 2.05) is 0 Å². The van der Waals surface area contributed by atoms with Crippen LogP contribution in [0.25, 0.3) is 0 Å². The van der Waals surface area contributed by atoms with Gasteiger partial charge in [-0.2, -0.15) is 0 Å². The standard InChI is InChI=1S/C36H64O4/c1-3-5-7-21-27-33-29-23-17-13-9-11-16-20-26-32-36(38)40-34(28-22-8-6-4-2)30-24-18-14-10-12-15-19-25-31-35(37)39-33/h17-18,23-24,33-34H,3-16,19-22,25-32H2,1-2H3/b23-17-,24-18-/t33-,34-/m1/s1. The predicted molar refractivity (Wildman–Crippen MR) is 169 cm³/mol. The summed E-state index contributed by atoms with van der Waals surface area (Å²) < 4.78 is 11.8. The molecule has 0 saturated carbocycles. The molecule has 0 bridgehead atoms. The maximum atomic E-state index is 12.5. The van der Waals surface area contributed by atoms with Gasteiger partial charge in [-0.3, -0.25) is 9.59 Å². The van der Waals surface area contributed by atoms with E-state index < -0.39 is 0 Å². The summed E-state index contributed by atoms with van der Waals surface area (Å²) in [5, 5.41) is 0. The quantitative estimate of drug-likeness (QED) is 0.151. The molecule has 0 unspecified atom stereocenters. The molecule has 232 valence electrons. The van der Waals surface area contributed by atoms with Crippen molar-refractivity contribution in [1.29, 1.82) is 0 Å². The Labute approximate surface area is 248 Å². The maximum absolute atomic E-state index is 12.5. The normalized spacial score (nSPS) is 24.1. The Balaban J connectivity index is 2.54. The minimum Gasteiger partial charge on any atom is -0.462 e. The Morgan fingerprint density at radius 1 is 0.525 bits per heavy atom. The molecule has 0 fully saturated rings. The second kappa shape index (κ2) is 27.6. The first kappa shape index (κ1) is 36.4. The molecule has 1 rings (SSSR count). The molecule has 1 aliphatic heterocycles. The predicted octanol–water partition coefficient (Wildman–Crippen LogP) is 11.1. The molecule has 4 heteroatoms. The molecule has 0 spiro atoms. The number of hydrogen-bond acceptors (Lipinski definition) is 4. The van der Waals surface area contributed by atoms with E-state index in [1.54, 1.807) is 0 Å². The summed E-state index contributed by atoms with van der Waals surface area (Å²) in [4.78, 5) is 25.0. The minimum absolute atomic E-state index is 0.0109. The number of hydrogen-bond donors (Lipinski definition) is 0. The maximum Gasteiger partial charge on any atom is 0.306 e. The molecule has 1 heterocycles. The molecule has 1 aliphatic rings. The highest BCUT2D eigenvalue weighted by atomic mass is 16.5. The van der Waals surface area contributed by atoms with E-state index in [9.17, 15) is 9.59 Å². The summed E-state index contributed by atoms with van der Waals surface area (Å²) in [5.74, 6) is -0.0218. The van der Waals surface area contributed by atoms with Gasteiger partial charge in [0.25, 0.3) is 0 Å². The van der Waals surface area contributed by atoms with Crippen molar-refractivity contribution in [3.8, 4) is 0 Å². The van der Waals surface area contributed by atoms with Crippen molar-refractivity contribution in [1.82, 2.24) is 0 Å². The zero-order chi connectivity index (χ0) is 28.9. The van der Waals surface area contributed by atoms with Gasteiger partial charge < -0.3 is 9.47 Å². The first-order chi connectivity index (χ1) is 19.7. The van der Waals surface area contributed by atoms with Crippen LogP contribution >= 0.6 is 0 Å². The number of carbonyl (C=O) groups is 2. The number of rotatable bonds is 10. The van der Waals surface area contributed by atoms with Gasteiger partial charge in [-0.25, -0.2) is 0 Å². The second-order valence-corrected chi connectivity index (χ2v) is 11.9. The van der Waals surface area contributed by atoms with Crippen LogP contribution in [-0.2, 0) is 19.1 Å². The molecule has 40 heavy (non-hydrogen) atoms. The zero-order valence-electron chi connectivity index (χ0n) is 26.5. The third-order valence-electron chi connectivity index (χ3n) is 7.99. The number of ether oxygens (including phenoxy) is 2. The zero-order valence-corrected chi connectivity index (χ0v) is 26.5. The van der Waals surface area contributed by atoms with E-state index in [1.165, 1.54) is 77.0 Å². The third kappa shape index (κ3) is 23.2. The topological polar surface area (TPSA) is 52.6 Å². The van der Waals surface area contributed by atoms with Gasteiger partial charge in [0.1, 0.15) is 12.2 Å². The Morgan fingerprint density at radius 3 is 1.35 bits per heavy atom. The Morgan fingerprint density at radius 2 is 0.925 bits per heavy atom. The first-order valence-corrected chi connectivity index (χ1v) is 17.3. The van der Waals surface area contributed by atoms with Crippen molar-refractivity contribution in [3.63, 3.8) is 0 Å². The molecule has 2 atom stereocenters. The Hall–Kier alpha value is -1.58. The van der Waals surface area contributed by atoms with Crippen molar-refractivity contribution in [2.24, 2.45) is 0 Å². The van der Waals surface area contributed by atoms with Crippen LogP contribution in [0.15, 0.2) is 24.3 Å². The molecule has 0 aliphatic carbocycles. The minimum atomic E-state index is -0.0109. The molecule has 0 aromatic rings. The van der Waals surface area contributed by atoms with Gasteiger partial charge in [0.2, 0.25) is 0 Å². The molecule has 0 aromatic carbocycles. The summed E-state index contributed by atoms with van der Waals surface area (Å²) in [7, 11) is 0. The van der Waals surface area contributed by atoms with Gasteiger partial charge in [0.15, 0.2) is 0 Å². The van der Waals surface area contributed by atoms with E-state index in [0.29, 0.717) is 12.8 Å². The van der Waals surface area contributed by atoms with Crippen LogP contribution in [0, 0.1) is 0 Å². The number of cyclic esters (lactones) is 2. The van der Waals surface area contributed by atoms with Crippen LogP contribution in [0.1, 0.15) is 181 Å². The fourth-order valence-electron chi connectivity index (χ4n) is 5.39. The fraction of sp³-hybridized carbons (Fsp3) is 0.833. The van der Waals surface area contributed by atoms with Crippen molar-refractivity contribution >= 4 is 11.9 Å². The lowest BCUT2D eigenvalue weighted by Crippen LogP contribution is -2.17. The SMILES string of the molecule is CCCCCC[C@@H]1C/C=C\CCCCCCCC(=O)O[C@H](CCCCCC)C/C=C\CCCCCCCC(=O)O1. The van der Waals surface area contributed by atoms with E-state index in [2.05, 4.69) is 38.2 Å². The van der Waals surface area contributed by atoms with Gasteiger partial charge >= 0.3 is 11.9 Å². The van der Waals surface area contributed by atoms with Crippen LogP contribution in [0.3, 0.4) is 0 Å². The largest absolute Gasteiger partial charge is 0.462 e. The summed E-state index contributed by atoms with van der Waals surface area (Å²) in [5.41, 5.74) is 0. The van der Waals surface area contributed by atoms with Crippen molar-refractivity contribution in [2.75, 3.05) is 0 Å². The highest BCUT2D eigenvalue weighted by Gasteiger charge is 2.14. The van der Waals surface area contributed by atoms with Gasteiger partial charge in [-0.05, 0) is 64.2 Å².